The largest absolute Gasteiger partial charge is 0.342 e. The summed E-state index contributed by atoms with van der Waals surface area (Å²) in [5, 5.41) is 3.96. The molecule has 3 aromatic rings. The number of nitrogens with one attached hydrogen (secondary N) is 1. The van der Waals surface area contributed by atoms with Crippen molar-refractivity contribution >= 4 is 16.9 Å². The zero-order valence-electron chi connectivity index (χ0n) is 15.0. The molecule has 1 aliphatic rings. The Labute approximate surface area is 151 Å². The fourth-order valence-corrected chi connectivity index (χ4v) is 3.39. The summed E-state index contributed by atoms with van der Waals surface area (Å²) in [6, 6.07) is 5.65. The predicted molar refractivity (Wildman–Crippen MR) is 95.7 cm³/mol. The molecule has 1 aliphatic heterocycles. The first-order chi connectivity index (χ1) is 12.6. The van der Waals surface area contributed by atoms with Gasteiger partial charge in [0, 0.05) is 38.7 Å². The molecule has 8 nitrogen and oxygen atoms in total. The highest BCUT2D eigenvalue weighted by molar-refractivity contribution is 5.97. The monoisotopic (exact) mass is 354 g/mol. The fourth-order valence-electron chi connectivity index (χ4n) is 3.39. The minimum absolute atomic E-state index is 0.0661. The van der Waals surface area contributed by atoms with Gasteiger partial charge in [-0.05, 0) is 31.5 Å². The van der Waals surface area contributed by atoms with Crippen LogP contribution in [0.25, 0.3) is 11.0 Å². The quantitative estimate of drug-likeness (QED) is 0.773. The van der Waals surface area contributed by atoms with Crippen molar-refractivity contribution < 1.29 is 9.32 Å². The van der Waals surface area contributed by atoms with Crippen molar-refractivity contribution in [3.63, 3.8) is 0 Å². The van der Waals surface area contributed by atoms with Gasteiger partial charge < -0.3 is 14.4 Å². The highest BCUT2D eigenvalue weighted by Gasteiger charge is 2.21. The minimum Gasteiger partial charge on any atom is -0.342 e. The number of carbonyl (C=O) groups excluding carboxylic acids is 1. The second kappa shape index (κ2) is 6.87. The van der Waals surface area contributed by atoms with E-state index in [1.807, 2.05) is 30.0 Å². The molecule has 1 fully saturated rings. The number of benzene rings is 1. The first-order valence-corrected chi connectivity index (χ1v) is 8.86. The van der Waals surface area contributed by atoms with E-state index in [4.69, 9.17) is 4.52 Å². The highest BCUT2D eigenvalue weighted by Crippen LogP contribution is 2.16. The second-order valence-electron chi connectivity index (χ2n) is 6.71. The van der Waals surface area contributed by atoms with Crippen LogP contribution in [0.5, 0.6) is 0 Å². The SMILES string of the molecule is Cc1nc2ccc(C(=O)N3CCCN(Cc4noc(C)n4)CC3)cc2[nH]1. The van der Waals surface area contributed by atoms with Crippen molar-refractivity contribution in [1.29, 1.82) is 0 Å². The predicted octanol–water partition coefficient (Wildman–Crippen LogP) is 1.91. The van der Waals surface area contributed by atoms with Gasteiger partial charge in [-0.3, -0.25) is 9.69 Å². The minimum atomic E-state index is 0.0661. The molecule has 0 saturated carbocycles. The Kier molecular flexibility index (Phi) is 4.42. The number of amides is 1. The lowest BCUT2D eigenvalue weighted by Gasteiger charge is -2.21. The van der Waals surface area contributed by atoms with E-state index in [-0.39, 0.29) is 5.91 Å². The molecule has 0 radical (unpaired) electrons. The highest BCUT2D eigenvalue weighted by atomic mass is 16.5. The average Bonchev–Trinajstić information content (AvgIpc) is 3.11. The Morgan fingerprint density at radius 3 is 2.88 bits per heavy atom. The first kappa shape index (κ1) is 16.7. The van der Waals surface area contributed by atoms with Crippen LogP contribution in [0.15, 0.2) is 22.7 Å². The third-order valence-corrected chi connectivity index (χ3v) is 4.66. The third-order valence-electron chi connectivity index (χ3n) is 4.66. The topological polar surface area (TPSA) is 91.2 Å². The maximum Gasteiger partial charge on any atom is 0.253 e. The molecular weight excluding hydrogens is 332 g/mol. The summed E-state index contributed by atoms with van der Waals surface area (Å²) in [7, 11) is 0. The van der Waals surface area contributed by atoms with Gasteiger partial charge in [-0.25, -0.2) is 4.98 Å². The van der Waals surface area contributed by atoms with Crippen LogP contribution in [0.1, 0.15) is 34.3 Å². The van der Waals surface area contributed by atoms with Gasteiger partial charge in [0.05, 0.1) is 17.6 Å². The normalized spacial score (nSPS) is 16.2. The molecule has 0 aliphatic carbocycles. The van der Waals surface area contributed by atoms with E-state index < -0.39 is 0 Å². The lowest BCUT2D eigenvalue weighted by atomic mass is 10.1. The summed E-state index contributed by atoms with van der Waals surface area (Å²) in [6.07, 6.45) is 0.925. The molecule has 136 valence electrons. The average molecular weight is 354 g/mol. The number of rotatable bonds is 3. The summed E-state index contributed by atoms with van der Waals surface area (Å²) in [6.45, 7) is 7.50. The maximum atomic E-state index is 12.9. The Hall–Kier alpha value is -2.74. The molecular formula is C18H22N6O2. The molecule has 0 unspecified atom stereocenters. The summed E-state index contributed by atoms with van der Waals surface area (Å²) >= 11 is 0. The molecule has 1 amide bonds. The Balaban J connectivity index is 1.43. The van der Waals surface area contributed by atoms with Crippen LogP contribution in [0.2, 0.25) is 0 Å². The molecule has 4 rings (SSSR count). The zero-order chi connectivity index (χ0) is 18.1. The summed E-state index contributed by atoms with van der Waals surface area (Å²) in [5.41, 5.74) is 2.48. The number of aryl methyl sites for hydroxylation is 2. The van der Waals surface area contributed by atoms with Crippen LogP contribution in [0.3, 0.4) is 0 Å². The van der Waals surface area contributed by atoms with Gasteiger partial charge in [0.1, 0.15) is 5.82 Å². The van der Waals surface area contributed by atoms with Gasteiger partial charge in [0.2, 0.25) is 5.89 Å². The van der Waals surface area contributed by atoms with E-state index in [0.29, 0.717) is 30.4 Å². The maximum absolute atomic E-state index is 12.9. The van der Waals surface area contributed by atoms with Gasteiger partial charge >= 0.3 is 0 Å². The molecule has 0 atom stereocenters. The van der Waals surface area contributed by atoms with Gasteiger partial charge in [0.25, 0.3) is 5.91 Å². The number of aromatic nitrogens is 4. The smallest absolute Gasteiger partial charge is 0.253 e. The number of H-pyrrole nitrogens is 1. The van der Waals surface area contributed by atoms with E-state index in [9.17, 15) is 4.79 Å². The van der Waals surface area contributed by atoms with Gasteiger partial charge in [-0.15, -0.1) is 0 Å². The van der Waals surface area contributed by atoms with Crippen LogP contribution >= 0.6 is 0 Å². The number of hydrogen-bond acceptors (Lipinski definition) is 6. The van der Waals surface area contributed by atoms with Gasteiger partial charge in [-0.2, -0.15) is 4.98 Å². The second-order valence-corrected chi connectivity index (χ2v) is 6.71. The van der Waals surface area contributed by atoms with Crippen LogP contribution in [0.4, 0.5) is 0 Å². The van der Waals surface area contributed by atoms with Crippen molar-refractivity contribution in [2.24, 2.45) is 0 Å². The Morgan fingerprint density at radius 1 is 1.19 bits per heavy atom. The number of fused-ring (bicyclic) bond motifs is 1. The standard InChI is InChI=1S/C18H22N6O2/c1-12-19-15-5-4-14(10-16(15)20-12)18(25)24-7-3-6-23(8-9-24)11-17-21-13(2)26-22-17/h4-5,10H,3,6-9,11H2,1-2H3,(H,19,20). The summed E-state index contributed by atoms with van der Waals surface area (Å²) in [4.78, 5) is 28.9. The lowest BCUT2D eigenvalue weighted by Crippen LogP contribution is -2.35. The van der Waals surface area contributed by atoms with Crippen molar-refractivity contribution in [2.75, 3.05) is 26.2 Å². The molecule has 8 heteroatoms. The van der Waals surface area contributed by atoms with E-state index >= 15 is 0 Å². The van der Waals surface area contributed by atoms with E-state index in [2.05, 4.69) is 25.0 Å². The first-order valence-electron chi connectivity index (χ1n) is 8.86. The van der Waals surface area contributed by atoms with Gasteiger partial charge in [-0.1, -0.05) is 5.16 Å². The van der Waals surface area contributed by atoms with Crippen molar-refractivity contribution in [1.82, 2.24) is 29.9 Å². The van der Waals surface area contributed by atoms with Gasteiger partial charge in [0.15, 0.2) is 5.82 Å². The third kappa shape index (κ3) is 3.45. The van der Waals surface area contributed by atoms with E-state index in [0.717, 1.165) is 42.9 Å². The van der Waals surface area contributed by atoms with Crippen molar-refractivity contribution in [2.45, 2.75) is 26.8 Å². The number of nitrogens with zero attached hydrogens (tertiary/aromatic N) is 5. The Morgan fingerprint density at radius 2 is 2.08 bits per heavy atom. The number of carbonyl (C=O) groups is 1. The molecule has 3 heterocycles. The fraction of sp³-hybridized carbons (Fsp3) is 0.444. The zero-order valence-corrected chi connectivity index (χ0v) is 15.0. The molecule has 0 bridgehead atoms. The summed E-state index contributed by atoms with van der Waals surface area (Å²) in [5.74, 6) is 2.20. The summed E-state index contributed by atoms with van der Waals surface area (Å²) < 4.78 is 5.03. The molecule has 0 spiro atoms. The van der Waals surface area contributed by atoms with Crippen molar-refractivity contribution in [3.8, 4) is 0 Å². The van der Waals surface area contributed by atoms with Crippen LogP contribution in [-0.4, -0.2) is 62.0 Å². The van der Waals surface area contributed by atoms with Crippen molar-refractivity contribution in [3.05, 3.63) is 41.3 Å². The molecule has 1 saturated heterocycles. The van der Waals surface area contributed by atoms with E-state index in [1.54, 1.807) is 6.92 Å². The lowest BCUT2D eigenvalue weighted by molar-refractivity contribution is 0.0761. The number of aromatic amines is 1. The van der Waals surface area contributed by atoms with E-state index in [1.165, 1.54) is 0 Å². The van der Waals surface area contributed by atoms with Crippen LogP contribution < -0.4 is 0 Å². The molecule has 1 N–H and O–H groups in total. The molecule has 26 heavy (non-hydrogen) atoms. The number of hydrogen-bond donors (Lipinski definition) is 1. The molecule has 2 aromatic heterocycles. The van der Waals surface area contributed by atoms with Crippen LogP contribution in [-0.2, 0) is 6.54 Å². The Bertz CT molecular complexity index is 931. The molecule has 1 aromatic carbocycles. The van der Waals surface area contributed by atoms with Crippen LogP contribution in [0, 0.1) is 13.8 Å². The number of imidazole rings is 1.